The smallest absolute Gasteiger partial charge is 0.259 e. The number of carbonyl (C=O) groups is 1. The van der Waals surface area contributed by atoms with Gasteiger partial charge < -0.3 is 14.6 Å². The standard InChI is InChI=1S/C22H16FN3O3/c1-28-17-12-6-14(7-13-17)20-25-22(29-26-20)19-5-3-2-4-18(19)21(27)24-16-10-8-15(23)9-11-16/h2-13H,1H3,(H,24,27). The van der Waals surface area contributed by atoms with Crippen molar-refractivity contribution in [1.29, 1.82) is 0 Å². The molecule has 1 heterocycles. The lowest BCUT2D eigenvalue weighted by atomic mass is 10.1. The van der Waals surface area contributed by atoms with E-state index in [9.17, 15) is 9.18 Å². The number of carbonyl (C=O) groups excluding carboxylic acids is 1. The number of anilines is 1. The van der Waals surface area contributed by atoms with Crippen molar-refractivity contribution in [2.75, 3.05) is 12.4 Å². The summed E-state index contributed by atoms with van der Waals surface area (Å²) in [5.41, 5.74) is 2.10. The van der Waals surface area contributed by atoms with Gasteiger partial charge in [-0.3, -0.25) is 4.79 Å². The van der Waals surface area contributed by atoms with E-state index in [1.807, 2.05) is 12.1 Å². The van der Waals surface area contributed by atoms with Crippen molar-refractivity contribution in [3.05, 3.63) is 84.2 Å². The zero-order chi connectivity index (χ0) is 20.2. The average molecular weight is 389 g/mol. The molecule has 4 rings (SSSR count). The molecule has 29 heavy (non-hydrogen) atoms. The van der Waals surface area contributed by atoms with E-state index in [1.54, 1.807) is 43.5 Å². The summed E-state index contributed by atoms with van der Waals surface area (Å²) >= 11 is 0. The lowest BCUT2D eigenvalue weighted by Crippen LogP contribution is -2.13. The fourth-order valence-corrected chi connectivity index (χ4v) is 2.79. The molecule has 0 saturated carbocycles. The van der Waals surface area contributed by atoms with E-state index in [0.717, 1.165) is 11.3 Å². The summed E-state index contributed by atoms with van der Waals surface area (Å²) in [7, 11) is 1.59. The van der Waals surface area contributed by atoms with Gasteiger partial charge in [0.15, 0.2) is 0 Å². The monoisotopic (exact) mass is 389 g/mol. The van der Waals surface area contributed by atoms with Gasteiger partial charge in [-0.1, -0.05) is 17.3 Å². The third kappa shape index (κ3) is 3.98. The van der Waals surface area contributed by atoms with Crippen LogP contribution in [0.15, 0.2) is 77.3 Å². The molecule has 7 heteroatoms. The molecule has 4 aromatic rings. The highest BCUT2D eigenvalue weighted by Gasteiger charge is 2.18. The third-order valence-corrected chi connectivity index (χ3v) is 4.28. The van der Waals surface area contributed by atoms with Gasteiger partial charge in [0.2, 0.25) is 5.82 Å². The molecule has 6 nitrogen and oxygen atoms in total. The van der Waals surface area contributed by atoms with Gasteiger partial charge in [-0.25, -0.2) is 4.39 Å². The van der Waals surface area contributed by atoms with Crippen LogP contribution < -0.4 is 10.1 Å². The minimum atomic E-state index is -0.375. The Kier molecular flexibility index (Phi) is 5.03. The van der Waals surface area contributed by atoms with Crippen LogP contribution >= 0.6 is 0 Å². The molecule has 0 atom stereocenters. The third-order valence-electron chi connectivity index (χ3n) is 4.28. The maximum Gasteiger partial charge on any atom is 0.259 e. The van der Waals surface area contributed by atoms with E-state index < -0.39 is 0 Å². The summed E-state index contributed by atoms with van der Waals surface area (Å²) in [5.74, 6) is 0.606. The Balaban J connectivity index is 1.62. The molecule has 0 aliphatic carbocycles. The fourth-order valence-electron chi connectivity index (χ4n) is 2.79. The van der Waals surface area contributed by atoms with Gasteiger partial charge >= 0.3 is 0 Å². The number of nitrogens with one attached hydrogen (secondary N) is 1. The number of rotatable bonds is 5. The molecule has 3 aromatic carbocycles. The van der Waals surface area contributed by atoms with Gasteiger partial charge in [-0.2, -0.15) is 4.98 Å². The molecule has 0 aliphatic heterocycles. The first-order valence-corrected chi connectivity index (χ1v) is 8.78. The molecule has 0 fully saturated rings. The molecule has 0 bridgehead atoms. The van der Waals surface area contributed by atoms with E-state index in [0.29, 0.717) is 22.6 Å². The van der Waals surface area contributed by atoms with Gasteiger partial charge in [0.25, 0.3) is 11.8 Å². The van der Waals surface area contributed by atoms with Crippen molar-refractivity contribution in [2.24, 2.45) is 0 Å². The second-order valence-corrected chi connectivity index (χ2v) is 6.16. The number of amides is 1. The largest absolute Gasteiger partial charge is 0.497 e. The van der Waals surface area contributed by atoms with Crippen molar-refractivity contribution in [3.63, 3.8) is 0 Å². The lowest BCUT2D eigenvalue weighted by Gasteiger charge is -2.07. The predicted molar refractivity (Wildman–Crippen MR) is 106 cm³/mol. The molecular weight excluding hydrogens is 373 g/mol. The minimum Gasteiger partial charge on any atom is -0.497 e. The highest BCUT2D eigenvalue weighted by Crippen LogP contribution is 2.26. The summed E-state index contributed by atoms with van der Waals surface area (Å²) in [6.45, 7) is 0. The van der Waals surface area contributed by atoms with E-state index >= 15 is 0 Å². The second kappa shape index (κ2) is 7.93. The Morgan fingerprint density at radius 3 is 2.45 bits per heavy atom. The maximum absolute atomic E-state index is 13.1. The first kappa shape index (κ1) is 18.4. The van der Waals surface area contributed by atoms with Crippen LogP contribution in [0.3, 0.4) is 0 Å². The molecule has 1 amide bonds. The van der Waals surface area contributed by atoms with Crippen molar-refractivity contribution >= 4 is 11.6 Å². The maximum atomic E-state index is 13.1. The second-order valence-electron chi connectivity index (χ2n) is 6.16. The van der Waals surface area contributed by atoms with Crippen molar-refractivity contribution in [2.45, 2.75) is 0 Å². The molecule has 0 unspecified atom stereocenters. The molecule has 0 spiro atoms. The van der Waals surface area contributed by atoms with Crippen LogP contribution in [0, 0.1) is 5.82 Å². The number of hydrogen-bond donors (Lipinski definition) is 1. The SMILES string of the molecule is COc1ccc(-c2noc(-c3ccccc3C(=O)Nc3ccc(F)cc3)n2)cc1. The van der Waals surface area contributed by atoms with Gasteiger partial charge in [0, 0.05) is 11.3 Å². The van der Waals surface area contributed by atoms with Crippen molar-refractivity contribution in [3.8, 4) is 28.6 Å². The first-order chi connectivity index (χ1) is 14.1. The average Bonchev–Trinajstić information content (AvgIpc) is 3.25. The number of hydrogen-bond acceptors (Lipinski definition) is 5. The van der Waals surface area contributed by atoms with Crippen LogP contribution in [-0.2, 0) is 0 Å². The Labute approximate surface area is 166 Å². The fraction of sp³-hybridized carbons (Fsp3) is 0.0455. The first-order valence-electron chi connectivity index (χ1n) is 8.78. The minimum absolute atomic E-state index is 0.223. The van der Waals surface area contributed by atoms with Crippen LogP contribution in [0.2, 0.25) is 0 Å². The van der Waals surface area contributed by atoms with E-state index in [1.165, 1.54) is 24.3 Å². The molecular formula is C22H16FN3O3. The molecule has 0 aliphatic rings. The van der Waals surface area contributed by atoms with Gasteiger partial charge in [-0.05, 0) is 60.7 Å². The van der Waals surface area contributed by atoms with Crippen LogP contribution in [0.25, 0.3) is 22.8 Å². The summed E-state index contributed by atoms with van der Waals surface area (Å²) in [4.78, 5) is 17.2. The number of ether oxygens (including phenoxy) is 1. The van der Waals surface area contributed by atoms with Gasteiger partial charge in [0.05, 0.1) is 18.2 Å². The van der Waals surface area contributed by atoms with Crippen molar-refractivity contribution in [1.82, 2.24) is 10.1 Å². The van der Waals surface area contributed by atoms with E-state index in [2.05, 4.69) is 15.5 Å². The number of aromatic nitrogens is 2. The number of methoxy groups -OCH3 is 1. The molecule has 0 radical (unpaired) electrons. The Hall–Kier alpha value is -4.00. The summed E-state index contributed by atoms with van der Waals surface area (Å²) in [6, 6.07) is 19.7. The van der Waals surface area contributed by atoms with E-state index in [4.69, 9.17) is 9.26 Å². The van der Waals surface area contributed by atoms with Crippen LogP contribution in [0.1, 0.15) is 10.4 Å². The molecule has 0 saturated heterocycles. The summed E-state index contributed by atoms with van der Waals surface area (Å²) < 4.78 is 23.6. The molecule has 1 aromatic heterocycles. The highest BCUT2D eigenvalue weighted by atomic mass is 19.1. The predicted octanol–water partition coefficient (Wildman–Crippen LogP) is 4.80. The summed E-state index contributed by atoms with van der Waals surface area (Å²) in [6.07, 6.45) is 0. The Morgan fingerprint density at radius 1 is 1.00 bits per heavy atom. The summed E-state index contributed by atoms with van der Waals surface area (Å²) in [5, 5.41) is 6.75. The van der Waals surface area contributed by atoms with Gasteiger partial charge in [0.1, 0.15) is 11.6 Å². The zero-order valence-corrected chi connectivity index (χ0v) is 15.4. The van der Waals surface area contributed by atoms with Crippen LogP contribution in [0.4, 0.5) is 10.1 Å². The molecule has 144 valence electrons. The van der Waals surface area contributed by atoms with Crippen LogP contribution in [0.5, 0.6) is 5.75 Å². The Bertz CT molecular complexity index is 1140. The number of nitrogens with zero attached hydrogens (tertiary/aromatic N) is 2. The number of halogens is 1. The lowest BCUT2D eigenvalue weighted by molar-refractivity contribution is 0.102. The van der Waals surface area contributed by atoms with Crippen molar-refractivity contribution < 1.29 is 18.4 Å². The quantitative estimate of drug-likeness (QED) is 0.530. The number of benzene rings is 3. The van der Waals surface area contributed by atoms with Gasteiger partial charge in [-0.15, -0.1) is 0 Å². The topological polar surface area (TPSA) is 77.2 Å². The Morgan fingerprint density at radius 2 is 1.72 bits per heavy atom. The normalized spacial score (nSPS) is 10.6. The zero-order valence-electron chi connectivity index (χ0n) is 15.4. The van der Waals surface area contributed by atoms with E-state index in [-0.39, 0.29) is 17.6 Å². The molecule has 1 N–H and O–H groups in total. The highest BCUT2D eigenvalue weighted by molar-refractivity contribution is 6.08. The van der Waals surface area contributed by atoms with Crippen LogP contribution in [-0.4, -0.2) is 23.2 Å².